The molecule has 0 amide bonds. The maximum Gasteiger partial charge on any atom is 0.338 e. The highest BCUT2D eigenvalue weighted by molar-refractivity contribution is 7.98. The lowest BCUT2D eigenvalue weighted by atomic mass is 10.2. The summed E-state index contributed by atoms with van der Waals surface area (Å²) in [5.41, 5.74) is 2.10. The molecule has 0 N–H and O–H groups in total. The van der Waals surface area contributed by atoms with Gasteiger partial charge in [0.2, 0.25) is 5.90 Å². The van der Waals surface area contributed by atoms with E-state index in [0.717, 1.165) is 11.3 Å². The van der Waals surface area contributed by atoms with Gasteiger partial charge in [0, 0.05) is 17.1 Å². The van der Waals surface area contributed by atoms with E-state index in [4.69, 9.17) is 4.74 Å². The second-order valence-corrected chi connectivity index (χ2v) is 5.77. The third kappa shape index (κ3) is 3.52. The van der Waals surface area contributed by atoms with E-state index in [0.29, 0.717) is 11.7 Å². The van der Waals surface area contributed by atoms with Crippen LogP contribution in [-0.2, 0) is 15.3 Å². The summed E-state index contributed by atoms with van der Waals surface area (Å²) in [4.78, 5) is 16.2. The van der Waals surface area contributed by atoms with Crippen molar-refractivity contribution in [3.8, 4) is 0 Å². The van der Waals surface area contributed by atoms with Crippen LogP contribution in [0.3, 0.4) is 0 Å². The van der Waals surface area contributed by atoms with Crippen LogP contribution in [0.1, 0.15) is 11.1 Å². The topological polar surface area (TPSA) is 38.7 Å². The van der Waals surface area contributed by atoms with Gasteiger partial charge >= 0.3 is 5.97 Å². The Labute approximate surface area is 128 Å². The lowest BCUT2D eigenvalue weighted by Gasteiger charge is -2.03. The molecule has 1 atom stereocenters. The molecule has 0 bridgehead atoms. The average Bonchev–Trinajstić information content (AvgIpc) is 2.91. The van der Waals surface area contributed by atoms with Gasteiger partial charge in [-0.25, -0.2) is 9.79 Å². The average molecular weight is 297 g/mol. The summed E-state index contributed by atoms with van der Waals surface area (Å²) in [6, 6.07) is 19.3. The zero-order chi connectivity index (χ0) is 14.5. The molecule has 2 aromatic rings. The van der Waals surface area contributed by atoms with Crippen molar-refractivity contribution in [2.45, 2.75) is 11.8 Å². The molecular weight excluding hydrogens is 282 g/mol. The number of nitrogens with zero attached hydrogens (tertiary/aromatic N) is 1. The van der Waals surface area contributed by atoms with Gasteiger partial charge < -0.3 is 4.74 Å². The Morgan fingerprint density at radius 1 is 1.00 bits per heavy atom. The molecule has 2 aromatic carbocycles. The predicted molar refractivity (Wildman–Crippen MR) is 85.5 cm³/mol. The number of benzene rings is 2. The summed E-state index contributed by atoms with van der Waals surface area (Å²) in [5.74, 6) is 1.70. The zero-order valence-corrected chi connectivity index (χ0v) is 12.3. The van der Waals surface area contributed by atoms with Crippen molar-refractivity contribution >= 4 is 23.6 Å². The first-order valence-corrected chi connectivity index (χ1v) is 7.95. The Morgan fingerprint density at radius 2 is 1.67 bits per heavy atom. The first-order valence-electron chi connectivity index (χ1n) is 6.79. The van der Waals surface area contributed by atoms with Crippen LogP contribution in [0.4, 0.5) is 0 Å². The highest BCUT2D eigenvalue weighted by atomic mass is 32.2. The third-order valence-electron chi connectivity index (χ3n) is 3.15. The van der Waals surface area contributed by atoms with Crippen molar-refractivity contribution in [1.82, 2.24) is 0 Å². The summed E-state index contributed by atoms with van der Waals surface area (Å²) in [5, 5.41) is 0. The summed E-state index contributed by atoms with van der Waals surface area (Å²) >= 11 is 1.70. The molecule has 4 heteroatoms. The van der Waals surface area contributed by atoms with Crippen molar-refractivity contribution in [3.63, 3.8) is 0 Å². The first kappa shape index (κ1) is 13.9. The largest absolute Gasteiger partial charge is 0.406 e. The molecular formula is C17H15NO2S. The van der Waals surface area contributed by atoms with E-state index in [1.807, 2.05) is 48.5 Å². The number of carbonyl (C=O) groups excluding carboxylic acids is 1. The lowest BCUT2D eigenvalue weighted by molar-refractivity contribution is -0.134. The number of cyclic esters (lactones) is 1. The Balaban J connectivity index is 1.58. The van der Waals surface area contributed by atoms with Crippen LogP contribution in [-0.4, -0.2) is 23.7 Å². The van der Waals surface area contributed by atoms with E-state index in [1.54, 1.807) is 11.8 Å². The molecule has 0 unspecified atom stereocenters. The molecule has 1 aliphatic rings. The lowest BCUT2D eigenvalue weighted by Crippen LogP contribution is -2.17. The number of carbonyl (C=O) groups is 1. The number of aliphatic imine (C=N–C) groups is 1. The quantitative estimate of drug-likeness (QED) is 0.795. The monoisotopic (exact) mass is 297 g/mol. The van der Waals surface area contributed by atoms with E-state index in [1.165, 1.54) is 5.56 Å². The number of esters is 1. The first-order chi connectivity index (χ1) is 10.3. The number of hydrogen-bond acceptors (Lipinski definition) is 4. The normalized spacial score (nSPS) is 17.4. The van der Waals surface area contributed by atoms with Gasteiger partial charge in [-0.05, 0) is 17.7 Å². The van der Waals surface area contributed by atoms with E-state index < -0.39 is 6.04 Å². The van der Waals surface area contributed by atoms with E-state index in [-0.39, 0.29) is 5.97 Å². The van der Waals surface area contributed by atoms with Gasteiger partial charge in [0.05, 0.1) is 0 Å². The molecule has 3 rings (SSSR count). The van der Waals surface area contributed by atoms with E-state index in [9.17, 15) is 4.79 Å². The molecule has 0 saturated heterocycles. The van der Waals surface area contributed by atoms with Gasteiger partial charge in [-0.15, -0.1) is 0 Å². The van der Waals surface area contributed by atoms with Crippen LogP contribution in [0.15, 0.2) is 65.7 Å². The number of rotatable bonds is 5. The van der Waals surface area contributed by atoms with Crippen molar-refractivity contribution in [2.24, 2.45) is 4.99 Å². The summed E-state index contributed by atoms with van der Waals surface area (Å²) in [7, 11) is 0. The highest BCUT2D eigenvalue weighted by Crippen LogP contribution is 2.19. The standard InChI is InChI=1S/C17H15NO2S/c19-17-15(12-21-11-13-7-3-1-4-8-13)18-16(20-17)14-9-5-2-6-10-14/h1-10,15H,11-12H2/t15-/m0/s1. The van der Waals surface area contributed by atoms with Crippen LogP contribution in [0.2, 0.25) is 0 Å². The third-order valence-corrected chi connectivity index (χ3v) is 4.24. The highest BCUT2D eigenvalue weighted by Gasteiger charge is 2.29. The molecule has 106 valence electrons. The van der Waals surface area contributed by atoms with Crippen molar-refractivity contribution in [3.05, 3.63) is 71.8 Å². The Morgan fingerprint density at radius 3 is 2.38 bits per heavy atom. The fourth-order valence-corrected chi connectivity index (χ4v) is 3.05. The smallest absolute Gasteiger partial charge is 0.338 e. The maximum atomic E-state index is 11.9. The molecule has 0 aromatic heterocycles. The van der Waals surface area contributed by atoms with Crippen molar-refractivity contribution < 1.29 is 9.53 Å². The summed E-state index contributed by atoms with van der Waals surface area (Å²) in [6.45, 7) is 0. The van der Waals surface area contributed by atoms with Crippen LogP contribution < -0.4 is 0 Å². The molecule has 0 saturated carbocycles. The van der Waals surface area contributed by atoms with Gasteiger partial charge in [-0.1, -0.05) is 48.5 Å². The maximum absolute atomic E-state index is 11.9. The minimum Gasteiger partial charge on any atom is -0.406 e. The number of ether oxygens (including phenoxy) is 1. The number of hydrogen-bond donors (Lipinski definition) is 0. The van der Waals surface area contributed by atoms with E-state index in [2.05, 4.69) is 17.1 Å². The molecule has 0 aliphatic carbocycles. The summed E-state index contributed by atoms with van der Waals surface area (Å²) < 4.78 is 5.26. The van der Waals surface area contributed by atoms with Gasteiger partial charge in [0.15, 0.2) is 6.04 Å². The second-order valence-electron chi connectivity index (χ2n) is 4.74. The minimum absolute atomic E-state index is 0.255. The second kappa shape index (κ2) is 6.59. The van der Waals surface area contributed by atoms with Crippen LogP contribution in [0.25, 0.3) is 0 Å². The fourth-order valence-electron chi connectivity index (χ4n) is 2.07. The number of thioether (sulfide) groups is 1. The van der Waals surface area contributed by atoms with Gasteiger partial charge in [0.25, 0.3) is 0 Å². The molecule has 21 heavy (non-hydrogen) atoms. The predicted octanol–water partition coefficient (Wildman–Crippen LogP) is 3.29. The Bertz CT molecular complexity index is 640. The summed E-state index contributed by atoms with van der Waals surface area (Å²) in [6.07, 6.45) is 0. The van der Waals surface area contributed by atoms with Gasteiger partial charge in [-0.3, -0.25) is 0 Å². The van der Waals surface area contributed by atoms with Crippen LogP contribution >= 0.6 is 11.8 Å². The van der Waals surface area contributed by atoms with E-state index >= 15 is 0 Å². The molecule has 0 radical (unpaired) electrons. The Kier molecular flexibility index (Phi) is 4.36. The van der Waals surface area contributed by atoms with Crippen molar-refractivity contribution in [2.75, 3.05) is 5.75 Å². The zero-order valence-electron chi connectivity index (χ0n) is 11.4. The van der Waals surface area contributed by atoms with Gasteiger partial charge in [0.1, 0.15) is 0 Å². The molecule has 3 nitrogen and oxygen atoms in total. The molecule has 1 heterocycles. The molecule has 0 fully saturated rings. The van der Waals surface area contributed by atoms with Gasteiger partial charge in [-0.2, -0.15) is 11.8 Å². The SMILES string of the molecule is O=C1OC(c2ccccc2)=N[C@H]1CSCc1ccccc1. The van der Waals surface area contributed by atoms with Crippen molar-refractivity contribution in [1.29, 1.82) is 0 Å². The molecule has 1 aliphatic heterocycles. The van der Waals surface area contributed by atoms with Crippen LogP contribution in [0.5, 0.6) is 0 Å². The Hall–Kier alpha value is -2.07. The minimum atomic E-state index is -0.395. The van der Waals surface area contributed by atoms with Crippen LogP contribution in [0, 0.1) is 0 Å². The molecule has 0 spiro atoms. The fraction of sp³-hybridized carbons (Fsp3) is 0.176.